The third-order valence-corrected chi connectivity index (χ3v) is 4.82. The van der Waals surface area contributed by atoms with Crippen LogP contribution in [-0.4, -0.2) is 46.2 Å². The van der Waals surface area contributed by atoms with Crippen molar-refractivity contribution in [3.63, 3.8) is 0 Å². The molecule has 2 aromatic carbocycles. The first kappa shape index (κ1) is 18.4. The molecule has 0 saturated heterocycles. The molecule has 1 aliphatic carbocycles. The maximum atomic E-state index is 11.1. The van der Waals surface area contributed by atoms with Crippen LogP contribution in [0.2, 0.25) is 0 Å². The van der Waals surface area contributed by atoms with Crippen molar-refractivity contribution in [3.05, 3.63) is 71.3 Å². The summed E-state index contributed by atoms with van der Waals surface area (Å²) >= 11 is 0. The predicted octanol–water partition coefficient (Wildman–Crippen LogP) is 1.47. The van der Waals surface area contributed by atoms with Crippen LogP contribution in [0.4, 0.5) is 4.79 Å². The molecule has 0 unspecified atom stereocenters. The number of carboxylic acid groups (broad SMARTS) is 1. The van der Waals surface area contributed by atoms with E-state index in [4.69, 9.17) is 5.11 Å². The van der Waals surface area contributed by atoms with Crippen LogP contribution in [0.5, 0.6) is 0 Å². The average Bonchev–Trinajstić information content (AvgIpc) is 2.95. The summed E-state index contributed by atoms with van der Waals surface area (Å²) in [7, 11) is 0. The zero-order valence-electron chi connectivity index (χ0n) is 14.4. The molecule has 1 aliphatic rings. The zero-order valence-corrected chi connectivity index (χ0v) is 14.4. The maximum absolute atomic E-state index is 11.1. The van der Waals surface area contributed by atoms with Gasteiger partial charge in [0.15, 0.2) is 0 Å². The van der Waals surface area contributed by atoms with E-state index in [1.54, 1.807) is 0 Å². The minimum atomic E-state index is -1.17. The molecule has 5 N–H and O–H groups in total. The van der Waals surface area contributed by atoms with Crippen LogP contribution >= 0.6 is 0 Å². The third kappa shape index (κ3) is 4.40. The van der Waals surface area contributed by atoms with Crippen LogP contribution in [0.25, 0.3) is 0 Å². The summed E-state index contributed by atoms with van der Waals surface area (Å²) in [6.07, 6.45) is -1.69. The Morgan fingerprint density at radius 1 is 1.12 bits per heavy atom. The lowest BCUT2D eigenvalue weighted by Gasteiger charge is -2.26. The largest absolute Gasteiger partial charge is 0.465 e. The molecule has 0 spiro atoms. The van der Waals surface area contributed by atoms with Gasteiger partial charge in [0.2, 0.25) is 0 Å². The van der Waals surface area contributed by atoms with Gasteiger partial charge >= 0.3 is 6.09 Å². The Labute approximate surface area is 152 Å². The summed E-state index contributed by atoms with van der Waals surface area (Å²) in [5.74, 6) is 0. The van der Waals surface area contributed by atoms with E-state index in [9.17, 15) is 15.0 Å². The lowest BCUT2D eigenvalue weighted by molar-refractivity contribution is 0.0970. The molecule has 0 radical (unpaired) electrons. The van der Waals surface area contributed by atoms with Crippen LogP contribution < -0.4 is 10.6 Å². The second-order valence-corrected chi connectivity index (χ2v) is 6.67. The second-order valence-electron chi connectivity index (χ2n) is 6.67. The quantitative estimate of drug-likeness (QED) is 0.517. The fourth-order valence-electron chi connectivity index (χ4n) is 3.52. The summed E-state index contributed by atoms with van der Waals surface area (Å²) in [5, 5.41) is 35.5. The average molecular weight is 356 g/mol. The monoisotopic (exact) mass is 356 g/mol. The van der Waals surface area contributed by atoms with E-state index in [1.807, 2.05) is 54.6 Å². The zero-order chi connectivity index (χ0) is 18.5. The second kappa shape index (κ2) is 8.31. The van der Waals surface area contributed by atoms with Gasteiger partial charge in [-0.2, -0.15) is 0 Å². The van der Waals surface area contributed by atoms with Crippen molar-refractivity contribution in [2.24, 2.45) is 0 Å². The number of amides is 1. The Morgan fingerprint density at radius 3 is 2.54 bits per heavy atom. The van der Waals surface area contributed by atoms with Crippen LogP contribution in [0.1, 0.15) is 22.7 Å². The first-order chi connectivity index (χ1) is 12.5. The molecule has 6 heteroatoms. The SMILES string of the molecule is O=C(O)N[C@@H](Cc1ccccc1)[C@@H](O)CN[C@@H]1c2ccccc2C[C@@H]1O. The first-order valence-corrected chi connectivity index (χ1v) is 8.75. The van der Waals surface area contributed by atoms with Crippen molar-refractivity contribution in [1.29, 1.82) is 0 Å². The molecular formula is C20H24N2O4. The summed E-state index contributed by atoms with van der Waals surface area (Å²) in [4.78, 5) is 11.1. The molecule has 0 saturated carbocycles. The number of rotatable bonds is 7. The van der Waals surface area contributed by atoms with Gasteiger partial charge in [0.25, 0.3) is 0 Å². The first-order valence-electron chi connectivity index (χ1n) is 8.75. The van der Waals surface area contributed by atoms with Gasteiger partial charge in [0.05, 0.1) is 24.3 Å². The molecule has 4 atom stereocenters. The smallest absolute Gasteiger partial charge is 0.404 e. The van der Waals surface area contributed by atoms with E-state index in [-0.39, 0.29) is 12.6 Å². The fraction of sp³-hybridized carbons (Fsp3) is 0.350. The van der Waals surface area contributed by atoms with Gasteiger partial charge in [-0.15, -0.1) is 0 Å². The van der Waals surface area contributed by atoms with Crippen LogP contribution in [0, 0.1) is 0 Å². The summed E-state index contributed by atoms with van der Waals surface area (Å²) in [6.45, 7) is 0.174. The van der Waals surface area contributed by atoms with Gasteiger partial charge in [-0.1, -0.05) is 54.6 Å². The molecule has 3 rings (SSSR count). The van der Waals surface area contributed by atoms with Crippen molar-refractivity contribution < 1.29 is 20.1 Å². The lowest BCUT2D eigenvalue weighted by atomic mass is 10.0. The Hall–Kier alpha value is -2.41. The number of hydrogen-bond donors (Lipinski definition) is 5. The van der Waals surface area contributed by atoms with Crippen LogP contribution in [-0.2, 0) is 12.8 Å². The van der Waals surface area contributed by atoms with Gasteiger partial charge in [-0.25, -0.2) is 4.79 Å². The molecule has 0 aromatic heterocycles. The summed E-state index contributed by atoms with van der Waals surface area (Å²) < 4.78 is 0. The minimum Gasteiger partial charge on any atom is -0.465 e. The molecule has 0 heterocycles. The number of benzene rings is 2. The van der Waals surface area contributed by atoms with E-state index in [1.165, 1.54) is 0 Å². The van der Waals surface area contributed by atoms with E-state index >= 15 is 0 Å². The predicted molar refractivity (Wildman–Crippen MR) is 98.0 cm³/mol. The van der Waals surface area contributed by atoms with Crippen molar-refractivity contribution in [2.45, 2.75) is 37.1 Å². The number of nitrogens with one attached hydrogen (secondary N) is 2. The number of fused-ring (bicyclic) bond motifs is 1. The lowest BCUT2D eigenvalue weighted by Crippen LogP contribution is -2.49. The standard InChI is InChI=1S/C20H24N2O4/c23-17-11-14-8-4-5-9-15(14)19(17)21-12-18(24)16(22-20(25)26)10-13-6-2-1-3-7-13/h1-9,16-19,21-24H,10-12H2,(H,25,26)/t16-,17-,18-,19+/m0/s1. The number of aliphatic hydroxyl groups excluding tert-OH is 2. The highest BCUT2D eigenvalue weighted by Gasteiger charge is 2.31. The third-order valence-electron chi connectivity index (χ3n) is 4.82. The Morgan fingerprint density at radius 2 is 1.81 bits per heavy atom. The highest BCUT2D eigenvalue weighted by molar-refractivity contribution is 5.65. The molecule has 0 bridgehead atoms. The van der Waals surface area contributed by atoms with Crippen molar-refractivity contribution in [1.82, 2.24) is 10.6 Å². The number of carbonyl (C=O) groups is 1. The Balaban J connectivity index is 1.64. The molecule has 0 aliphatic heterocycles. The van der Waals surface area contributed by atoms with Crippen LogP contribution in [0.15, 0.2) is 54.6 Å². The normalized spacial score (nSPS) is 21.0. The van der Waals surface area contributed by atoms with E-state index in [2.05, 4.69) is 10.6 Å². The minimum absolute atomic E-state index is 0.174. The molecule has 26 heavy (non-hydrogen) atoms. The Bertz CT molecular complexity index is 738. The van der Waals surface area contributed by atoms with Crippen molar-refractivity contribution in [3.8, 4) is 0 Å². The molecule has 6 nitrogen and oxygen atoms in total. The molecule has 138 valence electrons. The van der Waals surface area contributed by atoms with Gasteiger partial charge in [0, 0.05) is 13.0 Å². The summed E-state index contributed by atoms with van der Waals surface area (Å²) in [6, 6.07) is 16.4. The summed E-state index contributed by atoms with van der Waals surface area (Å²) in [5.41, 5.74) is 3.06. The number of aliphatic hydroxyl groups is 2. The van der Waals surface area contributed by atoms with Gasteiger partial charge in [-0.3, -0.25) is 0 Å². The molecule has 2 aromatic rings. The fourth-order valence-corrected chi connectivity index (χ4v) is 3.52. The number of hydrogen-bond acceptors (Lipinski definition) is 4. The van der Waals surface area contributed by atoms with Gasteiger partial charge < -0.3 is 26.0 Å². The molecular weight excluding hydrogens is 332 g/mol. The van der Waals surface area contributed by atoms with Crippen molar-refractivity contribution >= 4 is 6.09 Å². The Kier molecular flexibility index (Phi) is 5.88. The molecule has 1 amide bonds. The van der Waals surface area contributed by atoms with Gasteiger partial charge in [-0.05, 0) is 23.1 Å². The van der Waals surface area contributed by atoms with E-state index < -0.39 is 24.3 Å². The highest BCUT2D eigenvalue weighted by Crippen LogP contribution is 2.31. The van der Waals surface area contributed by atoms with Gasteiger partial charge in [0.1, 0.15) is 0 Å². The van der Waals surface area contributed by atoms with E-state index in [0.717, 1.165) is 16.7 Å². The van der Waals surface area contributed by atoms with Crippen LogP contribution in [0.3, 0.4) is 0 Å². The maximum Gasteiger partial charge on any atom is 0.404 e. The van der Waals surface area contributed by atoms with Crippen molar-refractivity contribution in [2.75, 3.05) is 6.54 Å². The topological polar surface area (TPSA) is 102 Å². The highest BCUT2D eigenvalue weighted by atomic mass is 16.4. The molecule has 0 fully saturated rings. The van der Waals surface area contributed by atoms with E-state index in [0.29, 0.717) is 12.8 Å².